The molecule has 1 heterocycles. The Balaban J connectivity index is 2.56. The molecule has 3 heteroatoms. The Morgan fingerprint density at radius 1 is 1.18 bits per heavy atom. The molecule has 0 radical (unpaired) electrons. The van der Waals surface area contributed by atoms with Gasteiger partial charge in [-0.05, 0) is 33.3 Å². The number of anilines is 1. The minimum atomic E-state index is -0.0436. The van der Waals surface area contributed by atoms with Crippen LogP contribution in [-0.4, -0.2) is 9.55 Å². The first-order valence-electron chi connectivity index (χ1n) is 5.80. The van der Waals surface area contributed by atoms with E-state index in [2.05, 4.69) is 44.8 Å². The predicted molar refractivity (Wildman–Crippen MR) is 71.8 cm³/mol. The van der Waals surface area contributed by atoms with Crippen LogP contribution in [0.4, 0.5) is 5.82 Å². The first-order valence-corrected chi connectivity index (χ1v) is 5.80. The van der Waals surface area contributed by atoms with Gasteiger partial charge in [0.05, 0.1) is 6.33 Å². The maximum Gasteiger partial charge on any atom is 0.132 e. The second-order valence-corrected chi connectivity index (χ2v) is 5.33. The Labute approximate surface area is 102 Å². The molecule has 0 fully saturated rings. The molecule has 2 N–H and O–H groups in total. The number of imidazole rings is 1. The van der Waals surface area contributed by atoms with Crippen molar-refractivity contribution in [3.05, 3.63) is 36.2 Å². The van der Waals surface area contributed by atoms with Crippen LogP contribution < -0.4 is 5.73 Å². The fourth-order valence-electron chi connectivity index (χ4n) is 1.94. The van der Waals surface area contributed by atoms with Crippen molar-refractivity contribution in [2.75, 3.05) is 5.73 Å². The van der Waals surface area contributed by atoms with Crippen LogP contribution in [-0.2, 0) is 5.54 Å². The Hall–Kier alpha value is -1.77. The molecule has 0 aliphatic heterocycles. The number of rotatable bonds is 1. The van der Waals surface area contributed by atoms with Crippen LogP contribution in [0.3, 0.4) is 0 Å². The van der Waals surface area contributed by atoms with Crippen molar-refractivity contribution >= 4 is 5.82 Å². The summed E-state index contributed by atoms with van der Waals surface area (Å²) in [5, 5.41) is 0. The van der Waals surface area contributed by atoms with Crippen molar-refractivity contribution in [1.29, 1.82) is 0 Å². The lowest BCUT2D eigenvalue weighted by Gasteiger charge is -2.22. The summed E-state index contributed by atoms with van der Waals surface area (Å²) >= 11 is 0. The zero-order valence-corrected chi connectivity index (χ0v) is 10.9. The lowest BCUT2D eigenvalue weighted by Crippen LogP contribution is -2.22. The molecule has 0 aliphatic rings. The van der Waals surface area contributed by atoms with Crippen molar-refractivity contribution in [2.24, 2.45) is 0 Å². The summed E-state index contributed by atoms with van der Waals surface area (Å²) < 4.78 is 2.01. The largest absolute Gasteiger partial charge is 0.383 e. The van der Waals surface area contributed by atoms with Crippen molar-refractivity contribution in [3.8, 4) is 11.3 Å². The van der Waals surface area contributed by atoms with E-state index in [1.165, 1.54) is 5.56 Å². The van der Waals surface area contributed by atoms with E-state index in [1.54, 1.807) is 0 Å². The third-order valence-electron chi connectivity index (χ3n) is 2.93. The van der Waals surface area contributed by atoms with Gasteiger partial charge in [-0.2, -0.15) is 0 Å². The van der Waals surface area contributed by atoms with Gasteiger partial charge in [-0.3, -0.25) is 0 Å². The average Bonchev–Trinajstić information content (AvgIpc) is 2.60. The molecule has 0 unspecified atom stereocenters. The highest BCUT2D eigenvalue weighted by Crippen LogP contribution is 2.30. The molecule has 3 nitrogen and oxygen atoms in total. The molecule has 0 saturated heterocycles. The van der Waals surface area contributed by atoms with Gasteiger partial charge in [-0.25, -0.2) is 4.98 Å². The Morgan fingerprint density at radius 3 is 2.35 bits per heavy atom. The highest BCUT2D eigenvalue weighted by atomic mass is 15.2. The fourth-order valence-corrected chi connectivity index (χ4v) is 1.94. The van der Waals surface area contributed by atoms with Crippen LogP contribution in [0, 0.1) is 6.92 Å². The molecule has 2 rings (SSSR count). The second kappa shape index (κ2) is 3.91. The highest BCUT2D eigenvalue weighted by molar-refractivity contribution is 5.73. The van der Waals surface area contributed by atoms with Gasteiger partial charge in [-0.15, -0.1) is 0 Å². The van der Waals surface area contributed by atoms with Gasteiger partial charge in [0.1, 0.15) is 11.5 Å². The molecule has 2 aromatic rings. The Kier molecular flexibility index (Phi) is 2.69. The van der Waals surface area contributed by atoms with E-state index < -0.39 is 0 Å². The SMILES string of the molecule is Cc1ccccc1-c1ncn(C(C)(C)C)c1N. The fraction of sp³-hybridized carbons (Fsp3) is 0.357. The summed E-state index contributed by atoms with van der Waals surface area (Å²) in [6.45, 7) is 8.43. The van der Waals surface area contributed by atoms with E-state index in [-0.39, 0.29) is 5.54 Å². The Bertz CT molecular complexity index is 533. The topological polar surface area (TPSA) is 43.8 Å². The van der Waals surface area contributed by atoms with Crippen LogP contribution in [0.5, 0.6) is 0 Å². The summed E-state index contributed by atoms with van der Waals surface area (Å²) in [7, 11) is 0. The molecule has 0 aliphatic carbocycles. The zero-order chi connectivity index (χ0) is 12.6. The lowest BCUT2D eigenvalue weighted by molar-refractivity contribution is 0.402. The summed E-state index contributed by atoms with van der Waals surface area (Å²) in [5.74, 6) is 0.729. The smallest absolute Gasteiger partial charge is 0.132 e. The number of aryl methyl sites for hydroxylation is 1. The minimum Gasteiger partial charge on any atom is -0.383 e. The Morgan fingerprint density at radius 2 is 1.82 bits per heavy atom. The van der Waals surface area contributed by atoms with Crippen LogP contribution in [0.25, 0.3) is 11.3 Å². The minimum absolute atomic E-state index is 0.0436. The van der Waals surface area contributed by atoms with Crippen LogP contribution in [0.1, 0.15) is 26.3 Å². The van der Waals surface area contributed by atoms with Crippen molar-refractivity contribution < 1.29 is 0 Å². The molecule has 0 amide bonds. The van der Waals surface area contributed by atoms with Gasteiger partial charge in [-0.1, -0.05) is 24.3 Å². The van der Waals surface area contributed by atoms with E-state index in [1.807, 2.05) is 23.0 Å². The van der Waals surface area contributed by atoms with Gasteiger partial charge in [0.2, 0.25) is 0 Å². The molecule has 1 aromatic heterocycles. The number of benzene rings is 1. The third kappa shape index (κ3) is 2.05. The maximum atomic E-state index is 6.19. The summed E-state index contributed by atoms with van der Waals surface area (Å²) in [4.78, 5) is 4.45. The molecule has 0 spiro atoms. The standard InChI is InChI=1S/C14H19N3/c1-10-7-5-6-8-11(10)12-13(15)17(9-16-12)14(2,3)4/h5-9H,15H2,1-4H3. The number of hydrogen-bond donors (Lipinski definition) is 1. The number of nitrogens with zero attached hydrogens (tertiary/aromatic N) is 2. The number of nitrogens with two attached hydrogens (primary N) is 1. The van der Waals surface area contributed by atoms with Crippen LogP contribution >= 0.6 is 0 Å². The first kappa shape index (κ1) is 11.7. The molecule has 17 heavy (non-hydrogen) atoms. The summed E-state index contributed by atoms with van der Waals surface area (Å²) in [6, 6.07) is 8.17. The molecular weight excluding hydrogens is 210 g/mol. The molecule has 90 valence electrons. The van der Waals surface area contributed by atoms with E-state index in [9.17, 15) is 0 Å². The second-order valence-electron chi connectivity index (χ2n) is 5.33. The normalized spacial score (nSPS) is 11.8. The summed E-state index contributed by atoms with van der Waals surface area (Å²) in [6.07, 6.45) is 1.82. The van der Waals surface area contributed by atoms with E-state index in [4.69, 9.17) is 5.73 Å². The van der Waals surface area contributed by atoms with Crippen LogP contribution in [0.2, 0.25) is 0 Å². The monoisotopic (exact) mass is 229 g/mol. The zero-order valence-electron chi connectivity index (χ0n) is 10.9. The predicted octanol–water partition coefficient (Wildman–Crippen LogP) is 3.20. The van der Waals surface area contributed by atoms with Gasteiger partial charge in [0, 0.05) is 11.1 Å². The molecule has 0 saturated carbocycles. The maximum absolute atomic E-state index is 6.19. The molecule has 1 aromatic carbocycles. The van der Waals surface area contributed by atoms with Gasteiger partial charge in [0.25, 0.3) is 0 Å². The molecular formula is C14H19N3. The van der Waals surface area contributed by atoms with Gasteiger partial charge < -0.3 is 10.3 Å². The summed E-state index contributed by atoms with van der Waals surface area (Å²) in [5.41, 5.74) is 9.32. The number of nitrogen functional groups attached to an aromatic ring is 1. The third-order valence-corrected chi connectivity index (χ3v) is 2.93. The lowest BCUT2D eigenvalue weighted by atomic mass is 10.1. The van der Waals surface area contributed by atoms with E-state index in [0.717, 1.165) is 17.1 Å². The van der Waals surface area contributed by atoms with E-state index >= 15 is 0 Å². The van der Waals surface area contributed by atoms with Gasteiger partial charge >= 0.3 is 0 Å². The average molecular weight is 229 g/mol. The number of aromatic nitrogens is 2. The van der Waals surface area contributed by atoms with Crippen molar-refractivity contribution in [1.82, 2.24) is 9.55 Å². The highest BCUT2D eigenvalue weighted by Gasteiger charge is 2.19. The molecule has 0 bridgehead atoms. The van der Waals surface area contributed by atoms with E-state index in [0.29, 0.717) is 0 Å². The van der Waals surface area contributed by atoms with Crippen molar-refractivity contribution in [2.45, 2.75) is 33.2 Å². The number of hydrogen-bond acceptors (Lipinski definition) is 2. The van der Waals surface area contributed by atoms with Crippen LogP contribution in [0.15, 0.2) is 30.6 Å². The molecule has 0 atom stereocenters. The first-order chi connectivity index (χ1) is 7.91. The van der Waals surface area contributed by atoms with Crippen molar-refractivity contribution in [3.63, 3.8) is 0 Å². The van der Waals surface area contributed by atoms with Gasteiger partial charge in [0.15, 0.2) is 0 Å². The quantitative estimate of drug-likeness (QED) is 0.816.